The zero-order valence-corrected chi connectivity index (χ0v) is 14.8. The Bertz CT molecular complexity index is 1460. The van der Waals surface area contributed by atoms with Gasteiger partial charge in [-0.05, 0) is 18.1 Å². The van der Waals surface area contributed by atoms with Crippen molar-refractivity contribution >= 4 is 28.6 Å². The number of aromatic nitrogens is 2. The van der Waals surface area contributed by atoms with E-state index in [2.05, 4.69) is 9.97 Å². The van der Waals surface area contributed by atoms with Gasteiger partial charge in [0.15, 0.2) is 20.1 Å². The SMILES string of the molecule is [2H]c1oc(C(=O)N2CC([2H])([2H])N(c3nc(N([2H])[2H])c4c([2H])c(OC)c(OC)c([2H])c4n3)C([2H])([2H])C2)c([2H])c1[2H]. The molecule has 0 unspecified atom stereocenters. The number of nitrogens with zero attached hydrogens (tertiary/aromatic N) is 4. The first kappa shape index (κ1) is 9.13. The third-order valence-electron chi connectivity index (χ3n) is 3.86. The molecule has 0 bridgehead atoms. The highest BCUT2D eigenvalue weighted by atomic mass is 16.5. The molecule has 0 radical (unpaired) electrons. The summed E-state index contributed by atoms with van der Waals surface area (Å²) in [6.45, 7) is -7.06. The number of hydrogen-bond acceptors (Lipinski definition) is 8. The van der Waals surface area contributed by atoms with E-state index in [-0.39, 0.29) is 28.1 Å². The summed E-state index contributed by atoms with van der Waals surface area (Å²) in [5.41, 5.74) is -0.335. The highest BCUT2D eigenvalue weighted by Gasteiger charge is 2.25. The molecule has 0 aliphatic carbocycles. The Hall–Kier alpha value is -3.49. The van der Waals surface area contributed by atoms with Crippen molar-refractivity contribution in [2.75, 3.05) is 50.9 Å². The predicted molar refractivity (Wildman–Crippen MR) is 104 cm³/mol. The van der Waals surface area contributed by atoms with Gasteiger partial charge in [0.25, 0.3) is 5.91 Å². The maximum absolute atomic E-state index is 13.0. The van der Waals surface area contributed by atoms with Gasteiger partial charge >= 0.3 is 0 Å². The number of amides is 1. The Balaban J connectivity index is 1.87. The van der Waals surface area contributed by atoms with Crippen LogP contribution in [0.25, 0.3) is 10.9 Å². The van der Waals surface area contributed by atoms with Crippen LogP contribution in [0, 0.1) is 0 Å². The molecular weight excluding hydrogens is 362 g/mol. The number of nitrogen functional groups attached to an aromatic ring is 1. The Kier molecular flexibility index (Phi) is 2.37. The highest BCUT2D eigenvalue weighted by molar-refractivity contribution is 5.92. The van der Waals surface area contributed by atoms with Crippen LogP contribution in [0.3, 0.4) is 0 Å². The molecule has 0 saturated carbocycles. The fourth-order valence-corrected chi connectivity index (χ4v) is 2.50. The smallest absolute Gasteiger partial charge is 0.289 e. The monoisotopic (exact) mass is 394 g/mol. The van der Waals surface area contributed by atoms with E-state index < -0.39 is 79.9 Å². The van der Waals surface area contributed by atoms with E-state index in [1.807, 2.05) is 0 Å². The maximum atomic E-state index is 13.0. The summed E-state index contributed by atoms with van der Waals surface area (Å²) in [7, 11) is 2.44. The van der Waals surface area contributed by atoms with Crippen LogP contribution in [0.2, 0.25) is 2.82 Å². The fourth-order valence-electron chi connectivity index (χ4n) is 2.50. The number of nitrogens with two attached hydrogens (primary N) is 1. The normalized spacial score (nSPS) is 23.4. The standard InChI is InChI=1S/C19H21N5O4/c1-26-15-10-12-13(11-16(15)27-2)21-19(22-17(12)20)24-7-5-23(6-8-24)18(25)14-4-3-9-28-14/h3-4,9-11H,5-8H2,1-2H3,(H2,20,21,22)/i3D,4D,7D2,8D2,9D,10D,11D/hD2. The lowest BCUT2D eigenvalue weighted by Crippen LogP contribution is -2.49. The van der Waals surface area contributed by atoms with Crippen LogP contribution in [-0.2, 0) is 0 Å². The van der Waals surface area contributed by atoms with Gasteiger partial charge in [0, 0.05) is 37.5 Å². The Morgan fingerprint density at radius 3 is 2.68 bits per heavy atom. The van der Waals surface area contributed by atoms with Crippen molar-refractivity contribution < 1.29 is 33.8 Å². The fraction of sp³-hybridized carbons (Fsp3) is 0.316. The van der Waals surface area contributed by atoms with Crippen LogP contribution in [0.4, 0.5) is 11.8 Å². The topological polar surface area (TPSA) is 107 Å². The number of fused-ring (bicyclic) bond motifs is 1. The van der Waals surface area contributed by atoms with E-state index in [1.165, 1.54) is 14.2 Å². The number of hydrogen-bond donors (Lipinski definition) is 1. The number of piperazine rings is 1. The van der Waals surface area contributed by atoms with Crippen molar-refractivity contribution in [3.8, 4) is 11.5 Å². The van der Waals surface area contributed by atoms with Gasteiger partial charge in [0.2, 0.25) is 5.95 Å². The van der Waals surface area contributed by atoms with E-state index in [0.29, 0.717) is 4.90 Å². The molecule has 9 heteroatoms. The van der Waals surface area contributed by atoms with E-state index >= 15 is 0 Å². The Morgan fingerprint density at radius 1 is 1.29 bits per heavy atom. The van der Waals surface area contributed by atoms with E-state index in [1.54, 1.807) is 0 Å². The number of methoxy groups -OCH3 is 2. The molecule has 0 spiro atoms. The van der Waals surface area contributed by atoms with Crippen LogP contribution in [-0.4, -0.2) is 61.1 Å². The number of furan rings is 1. The first-order valence-electron chi connectivity index (χ1n) is 13.3. The summed E-state index contributed by atoms with van der Waals surface area (Å²) in [6.07, 6.45) is -0.743. The van der Waals surface area contributed by atoms with Crippen molar-refractivity contribution in [3.05, 3.63) is 36.2 Å². The molecule has 9 nitrogen and oxygen atoms in total. The van der Waals surface area contributed by atoms with Gasteiger partial charge in [-0.2, -0.15) is 4.98 Å². The molecule has 2 aromatic heterocycles. The molecule has 1 fully saturated rings. The minimum absolute atomic E-state index is 0.00535. The van der Waals surface area contributed by atoms with Crippen molar-refractivity contribution in [1.82, 2.24) is 14.9 Å². The molecule has 2 N–H and O–H groups in total. The van der Waals surface area contributed by atoms with Crippen LogP contribution in [0.15, 0.2) is 34.8 Å². The second kappa shape index (κ2) is 7.26. The van der Waals surface area contributed by atoms with Crippen LogP contribution in [0.1, 0.15) is 22.9 Å². The minimum atomic E-state index is -2.73. The zero-order chi connectivity index (χ0) is 29.2. The quantitative estimate of drug-likeness (QED) is 0.698. The molecule has 1 saturated heterocycles. The second-order valence-corrected chi connectivity index (χ2v) is 5.48. The second-order valence-electron chi connectivity index (χ2n) is 5.48. The minimum Gasteiger partial charge on any atom is -0.493 e. The lowest BCUT2D eigenvalue weighted by Gasteiger charge is -2.34. The summed E-state index contributed by atoms with van der Waals surface area (Å²) >= 11 is 0. The third-order valence-corrected chi connectivity index (χ3v) is 3.86. The lowest BCUT2D eigenvalue weighted by atomic mass is 10.2. The Morgan fingerprint density at radius 2 is 2.04 bits per heavy atom. The number of rotatable bonds is 5. The molecule has 3 aromatic rings. The van der Waals surface area contributed by atoms with Crippen molar-refractivity contribution in [1.29, 1.82) is 0 Å². The van der Waals surface area contributed by atoms with E-state index in [0.717, 1.165) is 4.90 Å². The number of benzene rings is 1. The summed E-state index contributed by atoms with van der Waals surface area (Å²) in [5.74, 6) is -3.46. The number of ether oxygens (including phenoxy) is 2. The summed E-state index contributed by atoms with van der Waals surface area (Å²) in [4.78, 5) is 22.3. The predicted octanol–water partition coefficient (Wildman–Crippen LogP) is 1.78. The van der Waals surface area contributed by atoms with Gasteiger partial charge in [-0.1, -0.05) is 0 Å². The molecule has 4 rings (SSSR count). The maximum Gasteiger partial charge on any atom is 0.289 e. The van der Waals surface area contributed by atoms with Gasteiger partial charge < -0.3 is 29.4 Å². The van der Waals surface area contributed by atoms with Gasteiger partial charge in [-0.25, -0.2) is 4.98 Å². The van der Waals surface area contributed by atoms with Gasteiger partial charge in [0.1, 0.15) is 7.19 Å². The molecular formula is C19H21N5O4. The Labute approximate surface area is 177 Å². The van der Waals surface area contributed by atoms with Gasteiger partial charge in [-0.3, -0.25) is 4.79 Å². The first-order valence-corrected chi connectivity index (χ1v) is 7.94. The zero-order valence-electron chi connectivity index (χ0n) is 25.8. The molecule has 0 atom stereocenters. The van der Waals surface area contributed by atoms with Crippen LogP contribution in [0.5, 0.6) is 11.5 Å². The number of carbonyl (C=O) groups is 1. The van der Waals surface area contributed by atoms with Gasteiger partial charge in [0.05, 0.1) is 36.9 Å². The molecule has 1 amide bonds. The van der Waals surface area contributed by atoms with Crippen LogP contribution < -0.4 is 20.1 Å². The average molecular weight is 394 g/mol. The summed E-state index contributed by atoms with van der Waals surface area (Å²) in [6, 6.07) is -2.21. The summed E-state index contributed by atoms with van der Waals surface area (Å²) < 4.78 is 105. The van der Waals surface area contributed by atoms with E-state index in [9.17, 15) is 4.79 Å². The van der Waals surface area contributed by atoms with Crippen molar-refractivity contribution in [3.63, 3.8) is 0 Å². The highest BCUT2D eigenvalue weighted by Crippen LogP contribution is 2.34. The van der Waals surface area contributed by atoms with Gasteiger partial charge in [-0.15, -0.1) is 0 Å². The average Bonchev–Trinajstić information content (AvgIpc) is 3.10. The summed E-state index contributed by atoms with van der Waals surface area (Å²) in [5, 5.41) is -0.264. The molecule has 146 valence electrons. The molecule has 1 aliphatic heterocycles. The molecule has 3 heterocycles. The van der Waals surface area contributed by atoms with Crippen molar-refractivity contribution in [2.45, 2.75) is 0 Å². The van der Waals surface area contributed by atoms with Crippen LogP contribution >= 0.6 is 0 Å². The lowest BCUT2D eigenvalue weighted by molar-refractivity contribution is 0.0714. The molecule has 28 heavy (non-hydrogen) atoms. The first-order chi connectivity index (χ1) is 18.1. The van der Waals surface area contributed by atoms with Crippen molar-refractivity contribution in [2.24, 2.45) is 0 Å². The third kappa shape index (κ3) is 3.15. The number of carbonyl (C=O) groups excluding carboxylic acids is 1. The largest absolute Gasteiger partial charge is 0.493 e. The molecule has 1 aromatic carbocycles. The molecule has 1 aliphatic rings. The van der Waals surface area contributed by atoms with E-state index in [4.69, 9.17) is 29.1 Å². The number of anilines is 2.